The molecule has 0 saturated heterocycles. The highest BCUT2D eigenvalue weighted by atomic mass is 35.5. The van der Waals surface area contributed by atoms with E-state index in [0.29, 0.717) is 21.3 Å². The van der Waals surface area contributed by atoms with Gasteiger partial charge in [0.25, 0.3) is 5.91 Å². The number of carbonyl (C=O) groups excluding carboxylic acids is 1. The summed E-state index contributed by atoms with van der Waals surface area (Å²) >= 11 is 11.8. The Morgan fingerprint density at radius 1 is 1.09 bits per heavy atom. The Kier molecular flexibility index (Phi) is 4.32. The molecular formula is C16H12Cl2N4O. The number of aryl methyl sites for hydroxylation is 1. The first-order valence-electron chi connectivity index (χ1n) is 6.75. The lowest BCUT2D eigenvalue weighted by molar-refractivity contribution is 0.102. The molecule has 116 valence electrons. The van der Waals surface area contributed by atoms with Crippen LogP contribution in [0.15, 0.2) is 48.8 Å². The minimum Gasteiger partial charge on any atom is -0.322 e. The van der Waals surface area contributed by atoms with E-state index in [4.69, 9.17) is 23.2 Å². The Morgan fingerprint density at radius 2 is 1.83 bits per heavy atom. The van der Waals surface area contributed by atoms with E-state index in [2.05, 4.69) is 15.5 Å². The average Bonchev–Trinajstić information content (AvgIpc) is 2.97. The van der Waals surface area contributed by atoms with Crippen LogP contribution in [0.4, 0.5) is 5.69 Å². The molecule has 0 spiro atoms. The van der Waals surface area contributed by atoms with Crippen molar-refractivity contribution in [3.63, 3.8) is 0 Å². The molecule has 0 aliphatic heterocycles. The molecule has 23 heavy (non-hydrogen) atoms. The number of nitrogens with one attached hydrogen (secondary N) is 1. The van der Waals surface area contributed by atoms with Gasteiger partial charge in [-0.2, -0.15) is 0 Å². The number of hydrogen-bond donors (Lipinski definition) is 1. The maximum Gasteiger partial charge on any atom is 0.255 e. The molecule has 0 aliphatic carbocycles. The molecule has 3 aromatic rings. The number of amides is 1. The SMILES string of the molecule is Cn1cnnc1-c1ccc(NC(=O)c2ccc(Cl)c(Cl)c2)cc1. The van der Waals surface area contributed by atoms with E-state index >= 15 is 0 Å². The lowest BCUT2D eigenvalue weighted by Gasteiger charge is -2.07. The highest BCUT2D eigenvalue weighted by molar-refractivity contribution is 6.42. The number of rotatable bonds is 3. The van der Waals surface area contributed by atoms with E-state index in [-0.39, 0.29) is 5.91 Å². The molecule has 1 N–H and O–H groups in total. The zero-order valence-electron chi connectivity index (χ0n) is 12.1. The van der Waals surface area contributed by atoms with Gasteiger partial charge in [0.2, 0.25) is 0 Å². The maximum absolute atomic E-state index is 12.2. The Bertz CT molecular complexity index is 859. The van der Waals surface area contributed by atoms with Crippen LogP contribution < -0.4 is 5.32 Å². The zero-order valence-corrected chi connectivity index (χ0v) is 13.6. The summed E-state index contributed by atoms with van der Waals surface area (Å²) in [5, 5.41) is 11.5. The van der Waals surface area contributed by atoms with Crippen LogP contribution in [-0.2, 0) is 7.05 Å². The van der Waals surface area contributed by atoms with E-state index < -0.39 is 0 Å². The van der Waals surface area contributed by atoms with E-state index in [1.54, 1.807) is 30.6 Å². The monoisotopic (exact) mass is 346 g/mol. The second kappa shape index (κ2) is 6.40. The fourth-order valence-corrected chi connectivity index (χ4v) is 2.39. The standard InChI is InChI=1S/C16H12Cl2N4O/c1-22-9-19-21-15(22)10-2-5-12(6-3-10)20-16(23)11-4-7-13(17)14(18)8-11/h2-9H,1H3,(H,20,23). The second-order valence-electron chi connectivity index (χ2n) is 4.93. The molecule has 2 aromatic carbocycles. The summed E-state index contributed by atoms with van der Waals surface area (Å²) in [6.45, 7) is 0. The lowest BCUT2D eigenvalue weighted by atomic mass is 10.1. The third-order valence-electron chi connectivity index (χ3n) is 3.29. The molecule has 1 heterocycles. The Labute approximate surface area is 142 Å². The number of benzene rings is 2. The number of aromatic nitrogens is 3. The Hall–Kier alpha value is -2.37. The van der Waals surface area contributed by atoms with Crippen LogP contribution >= 0.6 is 23.2 Å². The van der Waals surface area contributed by atoms with Gasteiger partial charge in [-0.3, -0.25) is 4.79 Å². The molecule has 1 aromatic heterocycles. The summed E-state index contributed by atoms with van der Waals surface area (Å²) in [4.78, 5) is 12.2. The van der Waals surface area contributed by atoms with Crippen LogP contribution in [-0.4, -0.2) is 20.7 Å². The topological polar surface area (TPSA) is 59.8 Å². The van der Waals surface area contributed by atoms with Crippen LogP contribution in [0, 0.1) is 0 Å². The molecule has 0 radical (unpaired) electrons. The minimum absolute atomic E-state index is 0.255. The third kappa shape index (κ3) is 3.36. The van der Waals surface area contributed by atoms with Crippen molar-refractivity contribution in [1.29, 1.82) is 0 Å². The number of anilines is 1. The maximum atomic E-state index is 12.2. The van der Waals surface area contributed by atoms with Gasteiger partial charge in [-0.15, -0.1) is 10.2 Å². The number of hydrogen-bond acceptors (Lipinski definition) is 3. The highest BCUT2D eigenvalue weighted by Gasteiger charge is 2.09. The fourth-order valence-electron chi connectivity index (χ4n) is 2.09. The molecule has 0 saturated carbocycles. The first-order valence-corrected chi connectivity index (χ1v) is 7.51. The van der Waals surface area contributed by atoms with Gasteiger partial charge in [0, 0.05) is 23.9 Å². The number of carbonyl (C=O) groups is 1. The van der Waals surface area contributed by atoms with E-state index in [9.17, 15) is 4.79 Å². The van der Waals surface area contributed by atoms with Crippen LogP contribution in [0.2, 0.25) is 10.0 Å². The summed E-state index contributed by atoms with van der Waals surface area (Å²) in [6.07, 6.45) is 1.63. The summed E-state index contributed by atoms with van der Waals surface area (Å²) < 4.78 is 1.82. The van der Waals surface area contributed by atoms with Crippen molar-refractivity contribution >= 4 is 34.8 Å². The van der Waals surface area contributed by atoms with Gasteiger partial charge in [0.1, 0.15) is 6.33 Å². The smallest absolute Gasteiger partial charge is 0.255 e. The molecule has 0 aliphatic rings. The van der Waals surface area contributed by atoms with Gasteiger partial charge >= 0.3 is 0 Å². The average molecular weight is 347 g/mol. The predicted molar refractivity (Wildman–Crippen MR) is 90.9 cm³/mol. The fraction of sp³-hybridized carbons (Fsp3) is 0.0625. The largest absolute Gasteiger partial charge is 0.322 e. The van der Waals surface area contributed by atoms with Crippen LogP contribution in [0.25, 0.3) is 11.4 Å². The quantitative estimate of drug-likeness (QED) is 0.778. The molecule has 0 unspecified atom stereocenters. The highest BCUT2D eigenvalue weighted by Crippen LogP contribution is 2.23. The van der Waals surface area contributed by atoms with Crippen molar-refractivity contribution in [2.45, 2.75) is 0 Å². The minimum atomic E-state index is -0.255. The van der Waals surface area contributed by atoms with Crippen molar-refractivity contribution in [2.24, 2.45) is 7.05 Å². The molecule has 0 bridgehead atoms. The van der Waals surface area contributed by atoms with Gasteiger partial charge in [-0.1, -0.05) is 23.2 Å². The van der Waals surface area contributed by atoms with Crippen molar-refractivity contribution in [3.8, 4) is 11.4 Å². The number of halogens is 2. The summed E-state index contributed by atoms with van der Waals surface area (Å²) in [5.74, 6) is 0.502. The van der Waals surface area contributed by atoms with Crippen molar-refractivity contribution in [1.82, 2.24) is 14.8 Å². The van der Waals surface area contributed by atoms with E-state index in [0.717, 1.165) is 11.4 Å². The van der Waals surface area contributed by atoms with Gasteiger partial charge < -0.3 is 9.88 Å². The van der Waals surface area contributed by atoms with Gasteiger partial charge in [0.15, 0.2) is 5.82 Å². The van der Waals surface area contributed by atoms with E-state index in [1.807, 2.05) is 23.7 Å². The Balaban J connectivity index is 1.76. The molecule has 1 amide bonds. The van der Waals surface area contributed by atoms with Gasteiger partial charge in [0.05, 0.1) is 10.0 Å². The summed E-state index contributed by atoms with van der Waals surface area (Å²) in [7, 11) is 1.87. The summed E-state index contributed by atoms with van der Waals surface area (Å²) in [5.41, 5.74) is 2.03. The summed E-state index contributed by atoms with van der Waals surface area (Å²) in [6, 6.07) is 12.1. The van der Waals surface area contributed by atoms with Crippen molar-refractivity contribution in [2.75, 3.05) is 5.32 Å². The molecule has 5 nitrogen and oxygen atoms in total. The molecule has 0 fully saturated rings. The molecular weight excluding hydrogens is 335 g/mol. The third-order valence-corrected chi connectivity index (χ3v) is 4.03. The molecule has 0 atom stereocenters. The zero-order chi connectivity index (χ0) is 16.4. The lowest BCUT2D eigenvalue weighted by Crippen LogP contribution is -2.11. The van der Waals surface area contributed by atoms with Gasteiger partial charge in [-0.05, 0) is 42.5 Å². The predicted octanol–water partition coefficient (Wildman–Crippen LogP) is 4.04. The van der Waals surface area contributed by atoms with Crippen LogP contribution in [0.3, 0.4) is 0 Å². The number of nitrogens with zero attached hydrogens (tertiary/aromatic N) is 3. The normalized spacial score (nSPS) is 10.6. The first kappa shape index (κ1) is 15.5. The van der Waals surface area contributed by atoms with Gasteiger partial charge in [-0.25, -0.2) is 0 Å². The van der Waals surface area contributed by atoms with Crippen molar-refractivity contribution < 1.29 is 4.79 Å². The Morgan fingerprint density at radius 3 is 2.43 bits per heavy atom. The molecule has 3 rings (SSSR count). The van der Waals surface area contributed by atoms with Crippen molar-refractivity contribution in [3.05, 3.63) is 64.4 Å². The van der Waals surface area contributed by atoms with Crippen LogP contribution in [0.5, 0.6) is 0 Å². The van der Waals surface area contributed by atoms with Crippen LogP contribution in [0.1, 0.15) is 10.4 Å². The first-order chi connectivity index (χ1) is 11.0. The van der Waals surface area contributed by atoms with E-state index in [1.165, 1.54) is 6.07 Å². The molecule has 7 heteroatoms. The second-order valence-corrected chi connectivity index (χ2v) is 5.74.